The van der Waals surface area contributed by atoms with Gasteiger partial charge in [-0.05, 0) is 19.9 Å². The van der Waals surface area contributed by atoms with Gasteiger partial charge in [-0.3, -0.25) is 4.98 Å². The smallest absolute Gasteiger partial charge is 0.340 e. The predicted molar refractivity (Wildman–Crippen MR) is 91.8 cm³/mol. The summed E-state index contributed by atoms with van der Waals surface area (Å²) in [4.78, 5) is 28.9. The third kappa shape index (κ3) is 3.09. The molecule has 0 bridgehead atoms. The van der Waals surface area contributed by atoms with E-state index in [2.05, 4.69) is 4.98 Å². The highest BCUT2D eigenvalue weighted by atomic mass is 35.5. The third-order valence-corrected chi connectivity index (χ3v) is 4.38. The largest absolute Gasteiger partial charge is 0.465 e. The van der Waals surface area contributed by atoms with Crippen molar-refractivity contribution in [2.45, 2.75) is 13.8 Å². The summed E-state index contributed by atoms with van der Waals surface area (Å²) >= 11 is 12.4. The van der Waals surface area contributed by atoms with Crippen LogP contribution in [0.3, 0.4) is 0 Å². The van der Waals surface area contributed by atoms with E-state index in [0.717, 1.165) is 0 Å². The van der Waals surface area contributed by atoms with E-state index >= 15 is 0 Å². The molecule has 2 rings (SSSR count). The van der Waals surface area contributed by atoms with E-state index in [1.54, 1.807) is 32.0 Å². The maximum absolute atomic E-state index is 12.3. The predicted octanol–water partition coefficient (Wildman–Crippen LogP) is 4.25. The van der Waals surface area contributed by atoms with Crippen LogP contribution in [0.25, 0.3) is 11.1 Å². The number of rotatable bonds is 3. The number of hydrogen-bond acceptors (Lipinski definition) is 5. The number of aryl methyl sites for hydroxylation is 2. The van der Waals surface area contributed by atoms with Crippen molar-refractivity contribution in [2.75, 3.05) is 14.2 Å². The molecular formula is C17H15Cl2NO4. The topological polar surface area (TPSA) is 65.5 Å². The van der Waals surface area contributed by atoms with Gasteiger partial charge in [0.1, 0.15) is 0 Å². The monoisotopic (exact) mass is 367 g/mol. The van der Waals surface area contributed by atoms with Gasteiger partial charge >= 0.3 is 11.9 Å². The Labute approximate surface area is 149 Å². The third-order valence-electron chi connectivity index (χ3n) is 3.56. The fraction of sp³-hybridized carbons (Fsp3) is 0.235. The van der Waals surface area contributed by atoms with Gasteiger partial charge in [-0.15, -0.1) is 0 Å². The minimum Gasteiger partial charge on any atom is -0.465 e. The van der Waals surface area contributed by atoms with Gasteiger partial charge in [-0.25, -0.2) is 9.59 Å². The quantitative estimate of drug-likeness (QED) is 0.758. The van der Waals surface area contributed by atoms with Gasteiger partial charge in [0.15, 0.2) is 0 Å². The summed E-state index contributed by atoms with van der Waals surface area (Å²) in [6.45, 7) is 3.31. The van der Waals surface area contributed by atoms with Gasteiger partial charge in [0.05, 0.1) is 46.8 Å². The second kappa shape index (κ2) is 7.20. The lowest BCUT2D eigenvalue weighted by molar-refractivity contribution is 0.0599. The SMILES string of the molecule is COC(=O)c1c(C)nc(C)c(C(=O)OC)c1-c1cccc(Cl)c1Cl. The van der Waals surface area contributed by atoms with Crippen LogP contribution in [0.4, 0.5) is 0 Å². The zero-order valence-electron chi connectivity index (χ0n) is 13.6. The summed E-state index contributed by atoms with van der Waals surface area (Å²) in [6, 6.07) is 4.96. The molecule has 24 heavy (non-hydrogen) atoms. The lowest BCUT2D eigenvalue weighted by atomic mass is 9.92. The first kappa shape index (κ1) is 18.2. The van der Waals surface area contributed by atoms with E-state index in [1.807, 2.05) is 0 Å². The van der Waals surface area contributed by atoms with Gasteiger partial charge in [-0.2, -0.15) is 0 Å². The number of ether oxygens (including phenoxy) is 2. The number of hydrogen-bond donors (Lipinski definition) is 0. The number of halogens is 2. The van der Waals surface area contributed by atoms with Crippen LogP contribution < -0.4 is 0 Å². The zero-order chi connectivity index (χ0) is 18.0. The van der Waals surface area contributed by atoms with Crippen LogP contribution in [-0.2, 0) is 9.47 Å². The van der Waals surface area contributed by atoms with Crippen LogP contribution in [0.15, 0.2) is 18.2 Å². The Hall–Kier alpha value is -2.11. The second-order valence-electron chi connectivity index (χ2n) is 4.99. The molecule has 0 saturated heterocycles. The van der Waals surface area contributed by atoms with Crippen LogP contribution in [-0.4, -0.2) is 31.1 Å². The molecule has 0 N–H and O–H groups in total. The van der Waals surface area contributed by atoms with E-state index in [9.17, 15) is 9.59 Å². The lowest BCUT2D eigenvalue weighted by Gasteiger charge is -2.18. The summed E-state index contributed by atoms with van der Waals surface area (Å²) in [7, 11) is 2.51. The number of carbonyl (C=O) groups is 2. The molecular weight excluding hydrogens is 353 g/mol. The summed E-state index contributed by atoms with van der Waals surface area (Å²) in [5.74, 6) is -1.26. The molecule has 1 aromatic heterocycles. The molecule has 0 aliphatic rings. The number of benzene rings is 1. The summed E-state index contributed by atoms with van der Waals surface area (Å²) in [6.07, 6.45) is 0. The molecule has 0 saturated carbocycles. The van der Waals surface area contributed by atoms with Crippen molar-refractivity contribution in [1.82, 2.24) is 4.98 Å². The van der Waals surface area contributed by atoms with Crippen LogP contribution >= 0.6 is 23.2 Å². The molecule has 126 valence electrons. The molecule has 2 aromatic rings. The maximum atomic E-state index is 12.3. The minimum absolute atomic E-state index is 0.146. The molecule has 0 atom stereocenters. The van der Waals surface area contributed by atoms with Crippen molar-refractivity contribution in [1.29, 1.82) is 0 Å². The maximum Gasteiger partial charge on any atom is 0.340 e. The average molecular weight is 368 g/mol. The highest BCUT2D eigenvalue weighted by Gasteiger charge is 2.28. The van der Waals surface area contributed by atoms with Crippen molar-refractivity contribution < 1.29 is 19.1 Å². The van der Waals surface area contributed by atoms with E-state index in [-0.39, 0.29) is 16.1 Å². The van der Waals surface area contributed by atoms with Crippen LogP contribution in [0.5, 0.6) is 0 Å². The van der Waals surface area contributed by atoms with Gasteiger partial charge in [-0.1, -0.05) is 35.3 Å². The molecule has 7 heteroatoms. The molecule has 0 amide bonds. The number of carbonyl (C=O) groups excluding carboxylic acids is 2. The number of esters is 2. The Kier molecular flexibility index (Phi) is 5.47. The fourth-order valence-electron chi connectivity index (χ4n) is 2.52. The molecule has 0 spiro atoms. The minimum atomic E-state index is -0.629. The van der Waals surface area contributed by atoms with Crippen molar-refractivity contribution in [3.05, 3.63) is 50.8 Å². The standard InChI is InChI=1S/C17H15Cl2NO4/c1-8-12(16(21)23-3)14(10-6-5-7-11(18)15(10)19)13(9(2)20-8)17(22)24-4/h5-7H,1-4H3. The van der Waals surface area contributed by atoms with Crippen LogP contribution in [0.1, 0.15) is 32.1 Å². The molecule has 0 aliphatic heterocycles. The fourth-order valence-corrected chi connectivity index (χ4v) is 2.92. The Balaban J connectivity index is 3.01. The number of pyridine rings is 1. The second-order valence-corrected chi connectivity index (χ2v) is 5.78. The lowest BCUT2D eigenvalue weighted by Crippen LogP contribution is -2.16. The molecule has 0 unspecified atom stereocenters. The van der Waals surface area contributed by atoms with E-state index < -0.39 is 11.9 Å². The van der Waals surface area contributed by atoms with Gasteiger partial charge < -0.3 is 9.47 Å². The molecule has 1 aromatic carbocycles. The summed E-state index contributed by atoms with van der Waals surface area (Å²) in [5, 5.41) is 0.521. The first-order valence-electron chi connectivity index (χ1n) is 6.95. The Morgan fingerprint density at radius 3 is 1.92 bits per heavy atom. The van der Waals surface area contributed by atoms with Crippen LogP contribution in [0.2, 0.25) is 10.0 Å². The Morgan fingerprint density at radius 2 is 1.46 bits per heavy atom. The molecule has 0 fully saturated rings. The first-order valence-corrected chi connectivity index (χ1v) is 7.71. The van der Waals surface area contributed by atoms with Crippen LogP contribution in [0, 0.1) is 13.8 Å². The molecule has 1 heterocycles. The van der Waals surface area contributed by atoms with Gasteiger partial charge in [0.2, 0.25) is 0 Å². The average Bonchev–Trinajstić information content (AvgIpc) is 2.55. The van der Waals surface area contributed by atoms with E-state index in [0.29, 0.717) is 27.5 Å². The van der Waals surface area contributed by atoms with E-state index in [4.69, 9.17) is 32.7 Å². The zero-order valence-corrected chi connectivity index (χ0v) is 15.1. The Morgan fingerprint density at radius 1 is 0.958 bits per heavy atom. The van der Waals surface area contributed by atoms with Gasteiger partial charge in [0, 0.05) is 11.1 Å². The summed E-state index contributed by atoms with van der Waals surface area (Å²) in [5.41, 5.74) is 1.85. The van der Waals surface area contributed by atoms with Crippen molar-refractivity contribution in [2.24, 2.45) is 0 Å². The molecule has 5 nitrogen and oxygen atoms in total. The highest BCUT2D eigenvalue weighted by Crippen LogP contribution is 2.39. The number of aromatic nitrogens is 1. The molecule has 0 radical (unpaired) electrons. The summed E-state index contributed by atoms with van der Waals surface area (Å²) < 4.78 is 9.70. The van der Waals surface area contributed by atoms with Crippen molar-refractivity contribution in [3.63, 3.8) is 0 Å². The normalized spacial score (nSPS) is 10.4. The van der Waals surface area contributed by atoms with Crippen molar-refractivity contribution in [3.8, 4) is 11.1 Å². The van der Waals surface area contributed by atoms with Gasteiger partial charge in [0.25, 0.3) is 0 Å². The number of methoxy groups -OCH3 is 2. The molecule has 0 aliphatic carbocycles. The number of nitrogens with zero attached hydrogens (tertiary/aromatic N) is 1. The van der Waals surface area contributed by atoms with E-state index in [1.165, 1.54) is 14.2 Å². The first-order chi connectivity index (χ1) is 11.3. The Bertz CT molecular complexity index is 794. The van der Waals surface area contributed by atoms with Crippen molar-refractivity contribution >= 4 is 35.1 Å². The highest BCUT2D eigenvalue weighted by molar-refractivity contribution is 6.44.